The lowest BCUT2D eigenvalue weighted by atomic mass is 10.1. The summed E-state index contributed by atoms with van der Waals surface area (Å²) in [7, 11) is 0. The quantitative estimate of drug-likeness (QED) is 0.354. The lowest BCUT2D eigenvalue weighted by Gasteiger charge is -2.13. The Hall–Kier alpha value is -2.96. The fourth-order valence-corrected chi connectivity index (χ4v) is 3.14. The van der Waals surface area contributed by atoms with E-state index in [9.17, 15) is 14.4 Å². The van der Waals surface area contributed by atoms with Gasteiger partial charge in [-0.25, -0.2) is 4.79 Å². The highest BCUT2D eigenvalue weighted by Gasteiger charge is 2.21. The van der Waals surface area contributed by atoms with E-state index < -0.39 is 12.1 Å². The van der Waals surface area contributed by atoms with E-state index >= 15 is 0 Å². The van der Waals surface area contributed by atoms with Crippen molar-refractivity contribution in [3.05, 3.63) is 99.0 Å². The van der Waals surface area contributed by atoms with Crippen molar-refractivity contribution in [3.63, 3.8) is 0 Å². The minimum Gasteiger partial charge on any atom is -0.451 e. The van der Waals surface area contributed by atoms with Gasteiger partial charge in [-0.3, -0.25) is 9.59 Å². The van der Waals surface area contributed by atoms with Gasteiger partial charge in [0.05, 0.1) is 5.56 Å². The Morgan fingerprint density at radius 3 is 2.27 bits per heavy atom. The predicted octanol–water partition coefficient (Wildman–Crippen LogP) is 5.78. The number of halogens is 2. The second kappa shape index (κ2) is 9.69. The number of carbonyl (C=O) groups excluding carboxylic acids is 3. The molecule has 3 rings (SSSR count). The van der Waals surface area contributed by atoms with Gasteiger partial charge in [0.25, 0.3) is 5.91 Å². The Balaban J connectivity index is 1.67. The first-order valence-corrected chi connectivity index (χ1v) is 10.2. The Bertz CT molecular complexity index is 1100. The van der Waals surface area contributed by atoms with E-state index in [1.54, 1.807) is 60.7 Å². The summed E-state index contributed by atoms with van der Waals surface area (Å²) in [5, 5.41) is 3.16. The number of ketones is 1. The van der Waals surface area contributed by atoms with Crippen molar-refractivity contribution >= 4 is 50.9 Å². The molecule has 30 heavy (non-hydrogen) atoms. The van der Waals surface area contributed by atoms with Gasteiger partial charge in [0.15, 0.2) is 6.10 Å². The molecule has 5 nitrogen and oxygen atoms in total. The topological polar surface area (TPSA) is 72.5 Å². The van der Waals surface area contributed by atoms with Gasteiger partial charge >= 0.3 is 5.97 Å². The van der Waals surface area contributed by atoms with Crippen molar-refractivity contribution < 1.29 is 19.1 Å². The maximum absolute atomic E-state index is 12.5. The van der Waals surface area contributed by atoms with Gasteiger partial charge in [0.1, 0.15) is 0 Å². The smallest absolute Gasteiger partial charge is 0.338 e. The number of rotatable bonds is 6. The predicted molar refractivity (Wildman–Crippen MR) is 119 cm³/mol. The standard InChI is InChI=1S/C23H17BrClNO4/c1-14(21(27)16-4-2-6-19(25)12-16)30-23(29)17-5-3-7-20(13-17)26-22(28)15-8-10-18(24)11-9-15/h2-14H,1H3,(H,26,28)/t14-/m0/s1. The van der Waals surface area contributed by atoms with Crippen LogP contribution >= 0.6 is 27.5 Å². The summed E-state index contributed by atoms with van der Waals surface area (Å²) < 4.78 is 6.17. The van der Waals surface area contributed by atoms with Crippen LogP contribution in [0.5, 0.6) is 0 Å². The van der Waals surface area contributed by atoms with Gasteiger partial charge in [-0.1, -0.05) is 45.7 Å². The molecule has 7 heteroatoms. The minimum absolute atomic E-state index is 0.217. The van der Waals surface area contributed by atoms with Gasteiger partial charge < -0.3 is 10.1 Å². The maximum atomic E-state index is 12.5. The van der Waals surface area contributed by atoms with Gasteiger partial charge in [0.2, 0.25) is 5.78 Å². The first-order chi connectivity index (χ1) is 14.3. The van der Waals surface area contributed by atoms with Crippen LogP contribution in [0.2, 0.25) is 5.02 Å². The molecule has 0 saturated heterocycles. The number of carbonyl (C=O) groups is 3. The molecule has 1 amide bonds. The van der Waals surface area contributed by atoms with Crippen LogP contribution in [-0.2, 0) is 4.74 Å². The normalized spacial score (nSPS) is 11.4. The molecule has 152 valence electrons. The number of hydrogen-bond donors (Lipinski definition) is 1. The molecule has 1 N–H and O–H groups in total. The first-order valence-electron chi connectivity index (χ1n) is 9.01. The molecule has 3 aromatic rings. The molecule has 0 aromatic heterocycles. The molecule has 3 aromatic carbocycles. The van der Waals surface area contributed by atoms with E-state index in [0.717, 1.165) is 4.47 Å². The second-order valence-corrected chi connectivity index (χ2v) is 7.82. The first kappa shape index (κ1) is 21.7. The Kier molecular flexibility index (Phi) is 7.03. The van der Waals surface area contributed by atoms with Crippen molar-refractivity contribution in [1.29, 1.82) is 0 Å². The highest BCUT2D eigenvalue weighted by atomic mass is 79.9. The van der Waals surface area contributed by atoms with Crippen LogP contribution in [0.25, 0.3) is 0 Å². The van der Waals surface area contributed by atoms with Gasteiger partial charge in [-0.2, -0.15) is 0 Å². The molecular weight excluding hydrogens is 470 g/mol. The zero-order valence-electron chi connectivity index (χ0n) is 15.9. The third kappa shape index (κ3) is 5.55. The molecule has 0 radical (unpaired) electrons. The molecule has 0 fully saturated rings. The van der Waals surface area contributed by atoms with Crippen molar-refractivity contribution in [2.24, 2.45) is 0 Å². The lowest BCUT2D eigenvalue weighted by Crippen LogP contribution is -2.24. The number of nitrogens with one attached hydrogen (secondary N) is 1. The summed E-state index contributed by atoms with van der Waals surface area (Å²) in [6.45, 7) is 1.50. The summed E-state index contributed by atoms with van der Waals surface area (Å²) in [5.74, 6) is -1.33. The summed E-state index contributed by atoms with van der Waals surface area (Å²) in [6, 6.07) is 19.7. The zero-order valence-corrected chi connectivity index (χ0v) is 18.2. The second-order valence-electron chi connectivity index (χ2n) is 6.46. The number of Topliss-reactive ketones (excluding diaryl/α,β-unsaturated/α-hetero) is 1. The Morgan fingerprint density at radius 1 is 0.900 bits per heavy atom. The van der Waals surface area contributed by atoms with E-state index in [1.807, 2.05) is 0 Å². The fraction of sp³-hybridized carbons (Fsp3) is 0.0870. The fourth-order valence-electron chi connectivity index (χ4n) is 2.69. The molecule has 0 spiro atoms. The molecule has 0 aliphatic heterocycles. The van der Waals surface area contributed by atoms with Crippen LogP contribution in [0.15, 0.2) is 77.3 Å². The van der Waals surface area contributed by atoms with E-state index in [0.29, 0.717) is 21.8 Å². The van der Waals surface area contributed by atoms with E-state index in [1.165, 1.54) is 19.1 Å². The largest absolute Gasteiger partial charge is 0.451 e. The van der Waals surface area contributed by atoms with Crippen molar-refractivity contribution in [3.8, 4) is 0 Å². The average molecular weight is 487 g/mol. The molecule has 1 atom stereocenters. The molecule has 0 heterocycles. The molecule has 0 aliphatic rings. The van der Waals surface area contributed by atoms with Crippen LogP contribution in [0.3, 0.4) is 0 Å². The lowest BCUT2D eigenvalue weighted by molar-refractivity contribution is 0.0319. The summed E-state index contributed by atoms with van der Waals surface area (Å²) >= 11 is 9.23. The van der Waals surface area contributed by atoms with Crippen molar-refractivity contribution in [2.45, 2.75) is 13.0 Å². The SMILES string of the molecule is C[C@H](OC(=O)c1cccc(NC(=O)c2ccc(Br)cc2)c1)C(=O)c1cccc(Cl)c1. The molecule has 0 saturated carbocycles. The monoisotopic (exact) mass is 485 g/mol. The molecule has 0 aliphatic carbocycles. The average Bonchev–Trinajstić information content (AvgIpc) is 2.73. The van der Waals surface area contributed by atoms with E-state index in [-0.39, 0.29) is 17.3 Å². The number of esters is 1. The van der Waals surface area contributed by atoms with Crippen LogP contribution in [0.1, 0.15) is 38.0 Å². The zero-order chi connectivity index (χ0) is 21.7. The summed E-state index contributed by atoms with van der Waals surface area (Å²) in [6.07, 6.45) is -0.989. The molecule has 0 unspecified atom stereocenters. The Morgan fingerprint density at radius 2 is 1.57 bits per heavy atom. The van der Waals surface area contributed by atoms with Crippen LogP contribution < -0.4 is 5.32 Å². The van der Waals surface area contributed by atoms with E-state index in [4.69, 9.17) is 16.3 Å². The summed E-state index contributed by atoms with van der Waals surface area (Å²) in [5.41, 5.74) is 1.49. The van der Waals surface area contributed by atoms with Gasteiger partial charge in [-0.15, -0.1) is 0 Å². The van der Waals surface area contributed by atoms with Gasteiger partial charge in [-0.05, 0) is 61.5 Å². The van der Waals surface area contributed by atoms with Gasteiger partial charge in [0, 0.05) is 26.3 Å². The third-order valence-corrected chi connectivity index (χ3v) is 4.99. The molecular formula is C23H17BrClNO4. The van der Waals surface area contributed by atoms with Crippen molar-refractivity contribution in [1.82, 2.24) is 0 Å². The van der Waals surface area contributed by atoms with E-state index in [2.05, 4.69) is 21.2 Å². The van der Waals surface area contributed by atoms with Crippen LogP contribution in [0.4, 0.5) is 5.69 Å². The van der Waals surface area contributed by atoms with Crippen LogP contribution in [-0.4, -0.2) is 23.8 Å². The van der Waals surface area contributed by atoms with Crippen LogP contribution in [0, 0.1) is 0 Å². The van der Waals surface area contributed by atoms with Crippen molar-refractivity contribution in [2.75, 3.05) is 5.32 Å². The highest BCUT2D eigenvalue weighted by molar-refractivity contribution is 9.10. The third-order valence-electron chi connectivity index (χ3n) is 4.22. The highest BCUT2D eigenvalue weighted by Crippen LogP contribution is 2.17. The number of amides is 1. The summed E-state index contributed by atoms with van der Waals surface area (Å²) in [4.78, 5) is 37.3. The minimum atomic E-state index is -0.989. The Labute approximate surface area is 187 Å². The molecule has 0 bridgehead atoms. The number of ether oxygens (including phenoxy) is 1. The maximum Gasteiger partial charge on any atom is 0.338 e. The number of hydrogen-bond acceptors (Lipinski definition) is 4. The number of benzene rings is 3. The number of anilines is 1.